The summed E-state index contributed by atoms with van der Waals surface area (Å²) in [4.78, 5) is 22.2. The van der Waals surface area contributed by atoms with Crippen LogP contribution in [0, 0.1) is 27.4 Å². The van der Waals surface area contributed by atoms with Crippen molar-refractivity contribution in [2.45, 2.75) is 6.92 Å². The molecule has 0 saturated heterocycles. The fourth-order valence-electron chi connectivity index (χ4n) is 1.45. The first kappa shape index (κ1) is 14.4. The van der Waals surface area contributed by atoms with Gasteiger partial charge >= 0.3 is 5.69 Å². The molecule has 0 aromatic heterocycles. The number of amides is 1. The van der Waals surface area contributed by atoms with Gasteiger partial charge in [-0.25, -0.2) is 0 Å². The third kappa shape index (κ3) is 3.42. The molecule has 100 valence electrons. The Morgan fingerprint density at radius 2 is 2.32 bits per heavy atom. The number of hydrogen-bond acceptors (Lipinski definition) is 5. The number of para-hydroxylation sites is 1. The largest absolute Gasteiger partial charge is 0.490 e. The molecule has 0 unspecified atom stereocenters. The minimum absolute atomic E-state index is 0.0194. The van der Waals surface area contributed by atoms with E-state index in [2.05, 4.69) is 5.32 Å². The first-order chi connectivity index (χ1) is 9.01. The van der Waals surface area contributed by atoms with E-state index >= 15 is 0 Å². The monoisotopic (exact) mass is 263 g/mol. The zero-order valence-corrected chi connectivity index (χ0v) is 10.5. The molecule has 0 aliphatic heterocycles. The van der Waals surface area contributed by atoms with Crippen LogP contribution in [0.25, 0.3) is 0 Å². The van der Waals surface area contributed by atoms with Gasteiger partial charge in [-0.1, -0.05) is 6.07 Å². The summed E-state index contributed by atoms with van der Waals surface area (Å²) in [6.07, 6.45) is 0. The third-order valence-electron chi connectivity index (χ3n) is 2.44. The molecule has 0 aliphatic carbocycles. The molecule has 1 atom stereocenters. The Morgan fingerprint density at radius 1 is 1.63 bits per heavy atom. The van der Waals surface area contributed by atoms with Crippen LogP contribution in [0.3, 0.4) is 0 Å². The minimum Gasteiger partial charge on any atom is -0.490 e. The van der Waals surface area contributed by atoms with Crippen molar-refractivity contribution >= 4 is 11.6 Å². The van der Waals surface area contributed by atoms with Crippen LogP contribution in [-0.4, -0.2) is 24.5 Å². The van der Waals surface area contributed by atoms with Crippen molar-refractivity contribution in [3.8, 4) is 11.8 Å². The van der Waals surface area contributed by atoms with Gasteiger partial charge in [0.1, 0.15) is 5.56 Å². The maximum Gasteiger partial charge on any atom is 0.323 e. The highest BCUT2D eigenvalue weighted by molar-refractivity contribution is 5.99. The molecule has 0 saturated carbocycles. The average molecular weight is 263 g/mol. The molecule has 7 heteroatoms. The maximum atomic E-state index is 11.9. The van der Waals surface area contributed by atoms with Gasteiger partial charge in [0.25, 0.3) is 5.91 Å². The van der Waals surface area contributed by atoms with E-state index in [1.165, 1.54) is 25.3 Å². The third-order valence-corrected chi connectivity index (χ3v) is 2.44. The maximum absolute atomic E-state index is 11.9. The topological polar surface area (TPSA) is 105 Å². The van der Waals surface area contributed by atoms with Gasteiger partial charge in [0.05, 0.1) is 24.0 Å². The fourth-order valence-corrected chi connectivity index (χ4v) is 1.45. The Morgan fingerprint density at radius 3 is 2.84 bits per heavy atom. The summed E-state index contributed by atoms with van der Waals surface area (Å²) in [5.41, 5.74) is -0.471. The van der Waals surface area contributed by atoms with Crippen LogP contribution in [-0.2, 0) is 0 Å². The van der Waals surface area contributed by atoms with Crippen LogP contribution in [0.15, 0.2) is 18.2 Å². The minimum atomic E-state index is -0.665. The van der Waals surface area contributed by atoms with E-state index in [-0.39, 0.29) is 29.5 Å². The lowest BCUT2D eigenvalue weighted by Gasteiger charge is -2.08. The molecular weight excluding hydrogens is 250 g/mol. The summed E-state index contributed by atoms with van der Waals surface area (Å²) in [6.45, 7) is 1.77. The first-order valence-corrected chi connectivity index (χ1v) is 5.50. The second-order valence-corrected chi connectivity index (χ2v) is 3.85. The number of nitrogens with one attached hydrogen (secondary N) is 1. The quantitative estimate of drug-likeness (QED) is 0.640. The van der Waals surface area contributed by atoms with Crippen molar-refractivity contribution in [1.29, 1.82) is 5.26 Å². The number of methoxy groups -OCH3 is 1. The molecular formula is C12H13N3O4. The predicted molar refractivity (Wildman–Crippen MR) is 66.8 cm³/mol. The van der Waals surface area contributed by atoms with E-state index in [0.717, 1.165) is 0 Å². The van der Waals surface area contributed by atoms with Gasteiger partial charge in [0.2, 0.25) is 0 Å². The van der Waals surface area contributed by atoms with Gasteiger partial charge in [-0.05, 0) is 19.1 Å². The predicted octanol–water partition coefficient (Wildman–Crippen LogP) is 1.49. The van der Waals surface area contributed by atoms with Crippen molar-refractivity contribution < 1.29 is 14.5 Å². The van der Waals surface area contributed by atoms with Gasteiger partial charge in [-0.2, -0.15) is 5.26 Å². The average Bonchev–Trinajstić information content (AvgIpc) is 2.42. The Hall–Kier alpha value is -2.62. The Labute approximate surface area is 109 Å². The number of nitriles is 1. The van der Waals surface area contributed by atoms with Gasteiger partial charge in [0, 0.05) is 6.54 Å². The summed E-state index contributed by atoms with van der Waals surface area (Å²) in [7, 11) is 1.29. The molecule has 19 heavy (non-hydrogen) atoms. The SMILES string of the molecule is COc1cccc(C(=O)NC[C@H](C)C#N)c1[N+](=O)[O-]. The van der Waals surface area contributed by atoms with E-state index in [9.17, 15) is 14.9 Å². The number of hydrogen-bond donors (Lipinski definition) is 1. The molecule has 0 heterocycles. The highest BCUT2D eigenvalue weighted by Crippen LogP contribution is 2.30. The first-order valence-electron chi connectivity index (χ1n) is 5.50. The van der Waals surface area contributed by atoms with E-state index in [0.29, 0.717) is 0 Å². The van der Waals surface area contributed by atoms with Crippen molar-refractivity contribution in [2.24, 2.45) is 5.92 Å². The number of benzene rings is 1. The van der Waals surface area contributed by atoms with Gasteiger partial charge in [0.15, 0.2) is 5.75 Å². The molecule has 7 nitrogen and oxygen atoms in total. The van der Waals surface area contributed by atoms with E-state index in [1.807, 2.05) is 6.07 Å². The van der Waals surface area contributed by atoms with Crippen LogP contribution in [0.5, 0.6) is 5.75 Å². The van der Waals surface area contributed by atoms with Crippen molar-refractivity contribution in [2.75, 3.05) is 13.7 Å². The second kappa shape index (κ2) is 6.35. The van der Waals surface area contributed by atoms with E-state index < -0.39 is 10.8 Å². The molecule has 0 spiro atoms. The van der Waals surface area contributed by atoms with Crippen LogP contribution in [0.1, 0.15) is 17.3 Å². The Balaban J connectivity index is 3.03. The van der Waals surface area contributed by atoms with Gasteiger partial charge in [-0.3, -0.25) is 14.9 Å². The van der Waals surface area contributed by atoms with Gasteiger partial charge in [-0.15, -0.1) is 0 Å². The van der Waals surface area contributed by atoms with E-state index in [4.69, 9.17) is 10.00 Å². The zero-order valence-electron chi connectivity index (χ0n) is 10.5. The number of nitrogens with zero attached hydrogens (tertiary/aromatic N) is 2. The highest BCUT2D eigenvalue weighted by atomic mass is 16.6. The molecule has 1 amide bonds. The van der Waals surface area contributed by atoms with Crippen LogP contribution < -0.4 is 10.1 Å². The normalized spacial score (nSPS) is 11.2. The Kier molecular flexibility index (Phi) is 4.83. The molecule has 1 aromatic rings. The van der Waals surface area contributed by atoms with Gasteiger partial charge < -0.3 is 10.1 Å². The summed E-state index contributed by atoms with van der Waals surface area (Å²) in [6, 6.07) is 6.20. The lowest BCUT2D eigenvalue weighted by molar-refractivity contribution is -0.386. The molecule has 1 aromatic carbocycles. The molecule has 0 radical (unpaired) electrons. The summed E-state index contributed by atoms with van der Waals surface area (Å²) in [5.74, 6) is -0.952. The van der Waals surface area contributed by atoms with E-state index in [1.54, 1.807) is 6.92 Å². The lowest BCUT2D eigenvalue weighted by Crippen LogP contribution is -2.28. The summed E-state index contributed by atoms with van der Waals surface area (Å²) >= 11 is 0. The smallest absolute Gasteiger partial charge is 0.323 e. The van der Waals surface area contributed by atoms with Crippen molar-refractivity contribution in [1.82, 2.24) is 5.32 Å². The summed E-state index contributed by atoms with van der Waals surface area (Å²) < 4.78 is 4.87. The number of carbonyl (C=O) groups is 1. The molecule has 0 aliphatic rings. The standard InChI is InChI=1S/C12H13N3O4/c1-8(6-13)7-14-12(16)9-4-3-5-10(19-2)11(9)15(17)18/h3-5,8H,7H2,1-2H3,(H,14,16)/t8-/m1/s1. The number of nitro groups is 1. The molecule has 1 rings (SSSR count). The van der Waals surface area contributed by atoms with Crippen molar-refractivity contribution in [3.05, 3.63) is 33.9 Å². The second-order valence-electron chi connectivity index (χ2n) is 3.85. The molecule has 0 bridgehead atoms. The number of nitro benzene ring substituents is 1. The lowest BCUT2D eigenvalue weighted by atomic mass is 10.1. The number of rotatable bonds is 5. The van der Waals surface area contributed by atoms with Crippen LogP contribution >= 0.6 is 0 Å². The van der Waals surface area contributed by atoms with Crippen molar-refractivity contribution in [3.63, 3.8) is 0 Å². The number of ether oxygens (including phenoxy) is 1. The molecule has 1 N–H and O–H groups in total. The van der Waals surface area contributed by atoms with Crippen LogP contribution in [0.2, 0.25) is 0 Å². The summed E-state index contributed by atoms with van der Waals surface area (Å²) in [5, 5.41) is 22.1. The zero-order chi connectivity index (χ0) is 14.4. The highest BCUT2D eigenvalue weighted by Gasteiger charge is 2.25. The Bertz CT molecular complexity index is 536. The molecule has 0 fully saturated rings. The van der Waals surface area contributed by atoms with Crippen LogP contribution in [0.4, 0.5) is 5.69 Å². The fraction of sp³-hybridized carbons (Fsp3) is 0.333. The number of carbonyl (C=O) groups excluding carboxylic acids is 1.